The minimum atomic E-state index is -0.889. The second-order valence-electron chi connectivity index (χ2n) is 5.75. The summed E-state index contributed by atoms with van der Waals surface area (Å²) in [6.45, 7) is 8.53. The van der Waals surface area contributed by atoms with Crippen molar-refractivity contribution in [3.8, 4) is 0 Å². The Labute approximate surface area is 142 Å². The fraction of sp³-hybridized carbons (Fsp3) is 0.733. The zero-order chi connectivity index (χ0) is 16.8. The lowest BCUT2D eigenvalue weighted by Crippen LogP contribution is -2.60. The van der Waals surface area contributed by atoms with Crippen molar-refractivity contribution in [2.75, 3.05) is 39.4 Å². The summed E-state index contributed by atoms with van der Waals surface area (Å²) in [6.07, 6.45) is 2.22. The Morgan fingerprint density at radius 2 is 2.13 bits per heavy atom. The van der Waals surface area contributed by atoms with Crippen LogP contribution in [0.15, 0.2) is 4.99 Å². The Bertz CT molecular complexity index is 491. The molecule has 0 unspecified atom stereocenters. The van der Waals surface area contributed by atoms with Gasteiger partial charge < -0.3 is 10.1 Å². The number of nitrogens with one attached hydrogen (secondary N) is 1. The molecule has 23 heavy (non-hydrogen) atoms. The average molecular weight is 340 g/mol. The Hall–Kier alpha value is -1.38. The number of rotatable bonds is 6. The zero-order valence-corrected chi connectivity index (χ0v) is 14.5. The average Bonchev–Trinajstić information content (AvgIpc) is 2.54. The second-order valence-corrected chi connectivity index (χ2v) is 6.13. The number of aliphatic imine (C=N–C) groups is 1. The van der Waals surface area contributed by atoms with E-state index in [1.807, 2.05) is 13.8 Å². The number of morpholine rings is 1. The van der Waals surface area contributed by atoms with Crippen LogP contribution in [-0.4, -0.2) is 78.4 Å². The molecule has 2 rings (SSSR count). The van der Waals surface area contributed by atoms with Crippen molar-refractivity contribution < 1.29 is 14.3 Å². The molecule has 2 aliphatic rings. The van der Waals surface area contributed by atoms with Gasteiger partial charge in [0.1, 0.15) is 0 Å². The lowest BCUT2D eigenvalue weighted by molar-refractivity contribution is -0.139. The summed E-state index contributed by atoms with van der Waals surface area (Å²) >= 11 is 5.11. The van der Waals surface area contributed by atoms with Crippen LogP contribution in [-0.2, 0) is 14.3 Å². The molecule has 0 bridgehead atoms. The predicted molar refractivity (Wildman–Crippen MR) is 91.4 cm³/mol. The first-order valence-corrected chi connectivity index (χ1v) is 8.43. The molecule has 0 aromatic rings. The van der Waals surface area contributed by atoms with Crippen molar-refractivity contribution in [2.45, 2.75) is 26.3 Å². The Balaban J connectivity index is 1.91. The van der Waals surface area contributed by atoms with Gasteiger partial charge in [0, 0.05) is 31.9 Å². The summed E-state index contributed by atoms with van der Waals surface area (Å²) in [5.41, 5.74) is 0. The molecule has 0 radical (unpaired) electrons. The van der Waals surface area contributed by atoms with Gasteiger partial charge in [0.25, 0.3) is 0 Å². The molecule has 0 spiro atoms. The molecule has 2 atom stereocenters. The number of nitrogens with zero attached hydrogens (tertiary/aromatic N) is 3. The fourth-order valence-corrected chi connectivity index (χ4v) is 2.91. The summed E-state index contributed by atoms with van der Waals surface area (Å²) < 4.78 is 5.29. The maximum Gasteiger partial charge on any atom is 0.247 e. The number of hydrogen-bond acceptors (Lipinski definition) is 6. The minimum absolute atomic E-state index is 0.0418. The van der Waals surface area contributed by atoms with Crippen LogP contribution in [0.3, 0.4) is 0 Å². The summed E-state index contributed by atoms with van der Waals surface area (Å²) in [5, 5.41) is 2.78. The van der Waals surface area contributed by atoms with Crippen LogP contribution in [0, 0.1) is 5.92 Å². The highest BCUT2D eigenvalue weighted by Gasteiger charge is 2.39. The van der Waals surface area contributed by atoms with Crippen LogP contribution in [0.25, 0.3) is 0 Å². The van der Waals surface area contributed by atoms with E-state index in [1.165, 1.54) is 11.1 Å². The number of ether oxygens (including phenoxy) is 1. The molecule has 0 saturated carbocycles. The van der Waals surface area contributed by atoms with Gasteiger partial charge in [-0.1, -0.05) is 6.92 Å². The highest BCUT2D eigenvalue weighted by atomic mass is 32.1. The molecule has 2 fully saturated rings. The first-order valence-electron chi connectivity index (χ1n) is 8.02. The van der Waals surface area contributed by atoms with E-state index in [0.717, 1.165) is 39.3 Å². The summed E-state index contributed by atoms with van der Waals surface area (Å²) in [7, 11) is 0. The molecule has 0 aromatic heterocycles. The molecule has 0 aliphatic carbocycles. The Morgan fingerprint density at radius 3 is 2.78 bits per heavy atom. The van der Waals surface area contributed by atoms with E-state index in [0.29, 0.717) is 6.54 Å². The van der Waals surface area contributed by atoms with Crippen LogP contribution >= 0.6 is 12.2 Å². The third kappa shape index (κ3) is 4.55. The van der Waals surface area contributed by atoms with Crippen molar-refractivity contribution in [3.05, 3.63) is 0 Å². The Morgan fingerprint density at radius 1 is 1.43 bits per heavy atom. The molecule has 0 aromatic carbocycles. The number of hydrogen-bond donors (Lipinski definition) is 1. The van der Waals surface area contributed by atoms with E-state index >= 15 is 0 Å². The predicted octanol–water partition coefficient (Wildman–Crippen LogP) is 0.0474. The molecular formula is C15H24N4O3S. The van der Waals surface area contributed by atoms with Crippen LogP contribution in [0.2, 0.25) is 0 Å². The van der Waals surface area contributed by atoms with Gasteiger partial charge in [0.05, 0.1) is 19.8 Å². The molecule has 2 aliphatic heterocycles. The maximum atomic E-state index is 12.5. The molecular weight excluding hydrogens is 316 g/mol. The van der Waals surface area contributed by atoms with Gasteiger partial charge in [-0.2, -0.15) is 0 Å². The van der Waals surface area contributed by atoms with E-state index in [1.54, 1.807) is 0 Å². The number of carbonyl (C=O) groups is 2. The molecule has 2 saturated heterocycles. The van der Waals surface area contributed by atoms with Crippen LogP contribution in [0.5, 0.6) is 0 Å². The van der Waals surface area contributed by atoms with Crippen LogP contribution < -0.4 is 5.32 Å². The molecule has 128 valence electrons. The van der Waals surface area contributed by atoms with Gasteiger partial charge in [-0.3, -0.25) is 24.4 Å². The third-order valence-corrected chi connectivity index (χ3v) is 4.47. The molecule has 7 nitrogen and oxygen atoms in total. The van der Waals surface area contributed by atoms with Crippen LogP contribution in [0.1, 0.15) is 20.3 Å². The topological polar surface area (TPSA) is 74.2 Å². The summed E-state index contributed by atoms with van der Waals surface area (Å²) in [6, 6.07) is -0.0418. The van der Waals surface area contributed by atoms with Crippen molar-refractivity contribution in [3.63, 3.8) is 0 Å². The molecule has 2 amide bonds. The van der Waals surface area contributed by atoms with Crippen LogP contribution in [0.4, 0.5) is 0 Å². The number of amides is 2. The molecule has 2 heterocycles. The van der Waals surface area contributed by atoms with Crippen molar-refractivity contribution in [1.82, 2.24) is 15.1 Å². The third-order valence-electron chi connectivity index (χ3n) is 4.17. The van der Waals surface area contributed by atoms with Gasteiger partial charge in [-0.25, -0.2) is 0 Å². The van der Waals surface area contributed by atoms with E-state index in [-0.39, 0.29) is 17.1 Å². The lowest BCUT2D eigenvalue weighted by atomic mass is 10.0. The molecule has 8 heteroatoms. The van der Waals surface area contributed by atoms with Crippen molar-refractivity contribution >= 4 is 35.4 Å². The second kappa shape index (κ2) is 8.47. The van der Waals surface area contributed by atoms with Crippen molar-refractivity contribution in [2.24, 2.45) is 10.9 Å². The normalized spacial score (nSPS) is 25.0. The Kier molecular flexibility index (Phi) is 6.61. The molecule has 1 N–H and O–H groups in total. The van der Waals surface area contributed by atoms with Gasteiger partial charge in [0.15, 0.2) is 11.0 Å². The lowest BCUT2D eigenvalue weighted by Gasteiger charge is -2.34. The van der Waals surface area contributed by atoms with E-state index in [9.17, 15) is 9.59 Å². The minimum Gasteiger partial charge on any atom is -0.379 e. The van der Waals surface area contributed by atoms with Gasteiger partial charge >= 0.3 is 0 Å². The number of carbonyl (C=O) groups excluding carboxylic acids is 2. The maximum absolute atomic E-state index is 12.5. The fourth-order valence-electron chi connectivity index (χ4n) is 2.54. The smallest absolute Gasteiger partial charge is 0.247 e. The summed E-state index contributed by atoms with van der Waals surface area (Å²) in [4.78, 5) is 32.5. The monoisotopic (exact) mass is 340 g/mol. The first kappa shape index (κ1) is 18.0. The highest BCUT2D eigenvalue weighted by molar-refractivity contribution is 7.80. The van der Waals surface area contributed by atoms with Gasteiger partial charge in [-0.05, 0) is 25.6 Å². The van der Waals surface area contributed by atoms with E-state index < -0.39 is 11.8 Å². The highest BCUT2D eigenvalue weighted by Crippen LogP contribution is 2.14. The number of thiocarbonyl (C=S) groups is 1. The first-order chi connectivity index (χ1) is 11.0. The van der Waals surface area contributed by atoms with Gasteiger partial charge in [-0.15, -0.1) is 0 Å². The van der Waals surface area contributed by atoms with Gasteiger partial charge in [0.2, 0.25) is 11.8 Å². The van der Waals surface area contributed by atoms with Crippen molar-refractivity contribution in [1.29, 1.82) is 0 Å². The zero-order valence-electron chi connectivity index (χ0n) is 13.7. The van der Waals surface area contributed by atoms with E-state index in [2.05, 4.69) is 15.2 Å². The largest absolute Gasteiger partial charge is 0.379 e. The van der Waals surface area contributed by atoms with E-state index in [4.69, 9.17) is 17.0 Å². The summed E-state index contributed by atoms with van der Waals surface area (Å²) in [5.74, 6) is -1.57. The standard InChI is InChI=1S/C15H24N4O3S/c1-3-11(2)19-14(21)12(13(20)17-15(19)23)10-16-4-5-18-6-8-22-9-7-18/h10-12H,3-9H2,1-2H3,(H,17,20,23)/t11-,12+/m0/s1. The SMILES string of the molecule is CC[C@H](C)N1C(=O)[C@H](C=NCCN2CCOCC2)C(=O)NC1=S. The quantitative estimate of drug-likeness (QED) is 0.420.